The van der Waals surface area contributed by atoms with Crippen LogP contribution in [0.3, 0.4) is 0 Å². The van der Waals surface area contributed by atoms with Crippen molar-refractivity contribution in [2.24, 2.45) is 5.92 Å². The summed E-state index contributed by atoms with van der Waals surface area (Å²) in [5, 5.41) is 3.38. The Kier molecular flexibility index (Phi) is 4.03. The first-order chi connectivity index (χ1) is 12.0. The molecule has 0 spiro atoms. The van der Waals surface area contributed by atoms with Crippen LogP contribution in [0.25, 0.3) is 0 Å². The van der Waals surface area contributed by atoms with Crippen LogP contribution in [0, 0.1) is 17.6 Å². The quantitative estimate of drug-likeness (QED) is 0.793. The topological polar surface area (TPSA) is 37.3 Å². The van der Waals surface area contributed by atoms with Gasteiger partial charge in [-0.1, -0.05) is 6.07 Å². The van der Waals surface area contributed by atoms with Crippen molar-refractivity contribution in [1.82, 2.24) is 9.47 Å². The molecule has 2 bridgehead atoms. The molecule has 2 aliphatic rings. The fourth-order valence-electron chi connectivity index (χ4n) is 3.89. The summed E-state index contributed by atoms with van der Waals surface area (Å²) < 4.78 is 28.5. The molecule has 4 nitrogen and oxygen atoms in total. The number of likely N-dealkylation sites (tertiary alicyclic amines) is 1. The number of aromatic nitrogens is 1. The largest absolute Gasteiger partial charge is 0.348 e. The average molecular weight is 361 g/mol. The maximum absolute atomic E-state index is 13.3. The second-order valence-corrected chi connectivity index (χ2v) is 7.08. The van der Waals surface area contributed by atoms with E-state index in [0.29, 0.717) is 29.8 Å². The van der Waals surface area contributed by atoms with Gasteiger partial charge < -0.3 is 14.8 Å². The van der Waals surface area contributed by atoms with E-state index in [1.54, 1.807) is 12.1 Å². The zero-order chi connectivity index (χ0) is 17.6. The number of anilines is 1. The molecule has 2 atom stereocenters. The molecule has 0 radical (unpaired) electrons. The number of benzene rings is 1. The van der Waals surface area contributed by atoms with Crippen molar-refractivity contribution in [3.8, 4) is 0 Å². The van der Waals surface area contributed by atoms with E-state index in [0.717, 1.165) is 24.7 Å². The van der Waals surface area contributed by atoms with Gasteiger partial charge in [0.2, 0.25) is 0 Å². The monoisotopic (exact) mass is 361 g/mol. The summed E-state index contributed by atoms with van der Waals surface area (Å²) in [7, 11) is 0. The van der Waals surface area contributed by atoms with Crippen LogP contribution < -0.4 is 10.9 Å². The van der Waals surface area contributed by atoms with E-state index >= 15 is 0 Å². The van der Waals surface area contributed by atoms with Crippen molar-refractivity contribution in [3.05, 3.63) is 64.1 Å². The van der Waals surface area contributed by atoms with Crippen LogP contribution >= 0.6 is 12.2 Å². The molecule has 4 rings (SSSR count). The second-order valence-electron chi connectivity index (χ2n) is 6.69. The van der Waals surface area contributed by atoms with Crippen LogP contribution in [0.4, 0.5) is 14.5 Å². The van der Waals surface area contributed by atoms with Crippen LogP contribution in [-0.2, 0) is 6.54 Å². The average Bonchev–Trinajstić information content (AvgIpc) is 2.55. The molecule has 3 heterocycles. The highest BCUT2D eigenvalue weighted by Gasteiger charge is 2.35. The Balaban J connectivity index is 1.53. The lowest BCUT2D eigenvalue weighted by Gasteiger charge is -2.43. The first-order valence-electron chi connectivity index (χ1n) is 8.21. The number of nitrogens with one attached hydrogen (secondary N) is 1. The molecule has 1 N–H and O–H groups in total. The Morgan fingerprint density at radius 2 is 1.88 bits per heavy atom. The van der Waals surface area contributed by atoms with Crippen LogP contribution in [0.15, 0.2) is 41.2 Å². The Morgan fingerprint density at radius 1 is 1.12 bits per heavy atom. The predicted molar refractivity (Wildman–Crippen MR) is 95.7 cm³/mol. The first-order valence-corrected chi connectivity index (χ1v) is 8.62. The number of thiocarbonyl (C=S) groups is 1. The number of hydrogen-bond acceptors (Lipinski definition) is 2. The van der Waals surface area contributed by atoms with Gasteiger partial charge in [0.1, 0.15) is 11.6 Å². The highest BCUT2D eigenvalue weighted by Crippen LogP contribution is 2.35. The summed E-state index contributed by atoms with van der Waals surface area (Å²) in [4.78, 5) is 14.1. The SMILES string of the molecule is O=c1cccc2n1C[C@@H]1C[C@@H]2CN(C(=S)Nc2cc(F)cc(F)c2)C1. The smallest absolute Gasteiger partial charge is 0.250 e. The number of pyridine rings is 1. The van der Waals surface area contributed by atoms with Gasteiger partial charge in [-0.2, -0.15) is 0 Å². The summed E-state index contributed by atoms with van der Waals surface area (Å²) in [6, 6.07) is 8.63. The van der Waals surface area contributed by atoms with Crippen molar-refractivity contribution >= 4 is 23.0 Å². The lowest BCUT2D eigenvalue weighted by Crippen LogP contribution is -2.50. The van der Waals surface area contributed by atoms with Crippen LogP contribution in [0.2, 0.25) is 0 Å². The number of piperidine rings is 1. The normalized spacial score (nSPS) is 21.6. The second kappa shape index (κ2) is 6.22. The molecule has 1 aromatic heterocycles. The fourth-order valence-corrected chi connectivity index (χ4v) is 4.16. The van der Waals surface area contributed by atoms with E-state index in [4.69, 9.17) is 12.2 Å². The van der Waals surface area contributed by atoms with Crippen molar-refractivity contribution in [3.63, 3.8) is 0 Å². The van der Waals surface area contributed by atoms with E-state index in [1.807, 2.05) is 15.5 Å². The van der Waals surface area contributed by atoms with Crippen molar-refractivity contribution in [1.29, 1.82) is 0 Å². The van der Waals surface area contributed by atoms with Gasteiger partial charge in [-0.15, -0.1) is 0 Å². The van der Waals surface area contributed by atoms with Crippen molar-refractivity contribution < 1.29 is 8.78 Å². The van der Waals surface area contributed by atoms with Crippen LogP contribution in [0.5, 0.6) is 0 Å². The molecule has 25 heavy (non-hydrogen) atoms. The number of halogens is 2. The molecule has 1 fully saturated rings. The van der Waals surface area contributed by atoms with Crippen LogP contribution in [0.1, 0.15) is 18.0 Å². The molecule has 1 aromatic carbocycles. The Labute approximate surface area is 149 Å². The van der Waals surface area contributed by atoms with Crippen LogP contribution in [-0.4, -0.2) is 27.7 Å². The van der Waals surface area contributed by atoms with Gasteiger partial charge in [0.25, 0.3) is 5.56 Å². The molecular weight excluding hydrogens is 344 g/mol. The van der Waals surface area contributed by atoms with E-state index in [2.05, 4.69) is 5.32 Å². The van der Waals surface area contributed by atoms with Gasteiger partial charge in [-0.3, -0.25) is 4.79 Å². The summed E-state index contributed by atoms with van der Waals surface area (Å²) >= 11 is 5.45. The third kappa shape index (κ3) is 3.16. The molecule has 0 unspecified atom stereocenters. The molecule has 7 heteroatoms. The molecule has 0 saturated carbocycles. The minimum Gasteiger partial charge on any atom is -0.348 e. The van der Waals surface area contributed by atoms with Gasteiger partial charge >= 0.3 is 0 Å². The molecule has 0 aliphatic carbocycles. The molecule has 1 saturated heterocycles. The number of hydrogen-bond donors (Lipinski definition) is 1. The Hall–Kier alpha value is -2.28. The summed E-state index contributed by atoms with van der Waals surface area (Å²) in [5.74, 6) is -0.732. The summed E-state index contributed by atoms with van der Waals surface area (Å²) in [6.45, 7) is 2.09. The minimum atomic E-state index is -0.644. The zero-order valence-electron chi connectivity index (χ0n) is 13.4. The molecule has 130 valence electrons. The lowest BCUT2D eigenvalue weighted by atomic mass is 9.83. The molecule has 0 amide bonds. The maximum Gasteiger partial charge on any atom is 0.250 e. The maximum atomic E-state index is 13.3. The van der Waals surface area contributed by atoms with E-state index in [1.165, 1.54) is 12.1 Å². The third-order valence-electron chi connectivity index (χ3n) is 4.88. The van der Waals surface area contributed by atoms with E-state index in [-0.39, 0.29) is 11.5 Å². The summed E-state index contributed by atoms with van der Waals surface area (Å²) in [5.41, 5.74) is 1.37. The van der Waals surface area contributed by atoms with E-state index < -0.39 is 11.6 Å². The molecule has 2 aromatic rings. The van der Waals surface area contributed by atoms with Gasteiger partial charge in [0, 0.05) is 49.1 Å². The third-order valence-corrected chi connectivity index (χ3v) is 5.24. The number of rotatable bonds is 1. The fraction of sp³-hybridized carbons (Fsp3) is 0.333. The Morgan fingerprint density at radius 3 is 2.64 bits per heavy atom. The molecule has 2 aliphatic heterocycles. The van der Waals surface area contributed by atoms with Gasteiger partial charge in [-0.25, -0.2) is 8.78 Å². The van der Waals surface area contributed by atoms with E-state index in [9.17, 15) is 13.6 Å². The Bertz CT molecular complexity index is 878. The predicted octanol–water partition coefficient (Wildman–Crippen LogP) is 2.94. The van der Waals surface area contributed by atoms with Gasteiger partial charge in [0.05, 0.1) is 0 Å². The molecular formula is C18H17F2N3OS. The zero-order valence-corrected chi connectivity index (χ0v) is 14.2. The lowest BCUT2D eigenvalue weighted by molar-refractivity contribution is 0.180. The standard InChI is InChI=1S/C18H17F2N3OS/c19-13-5-14(20)7-15(6-13)21-18(25)22-8-11-4-12(10-22)16-2-1-3-17(24)23(16)9-11/h1-3,5-7,11-12H,4,8-10H2,(H,21,25)/t11-,12-/m1/s1. The number of fused-ring (bicyclic) bond motifs is 4. The highest BCUT2D eigenvalue weighted by molar-refractivity contribution is 7.80. The van der Waals surface area contributed by atoms with Gasteiger partial charge in [-0.05, 0) is 42.8 Å². The summed E-state index contributed by atoms with van der Waals surface area (Å²) in [6.07, 6.45) is 1.02. The minimum absolute atomic E-state index is 0.0385. The van der Waals surface area contributed by atoms with Gasteiger partial charge in [0.15, 0.2) is 5.11 Å². The first kappa shape index (κ1) is 16.2. The van der Waals surface area contributed by atoms with Crippen molar-refractivity contribution in [2.45, 2.75) is 18.9 Å². The number of nitrogens with zero attached hydrogens (tertiary/aromatic N) is 2. The van der Waals surface area contributed by atoms with Crippen molar-refractivity contribution in [2.75, 3.05) is 18.4 Å². The highest BCUT2D eigenvalue weighted by atomic mass is 32.1.